The Balaban J connectivity index is 1.39. The molecule has 4 nitrogen and oxygen atoms in total. The molecule has 0 amide bonds. The van der Waals surface area contributed by atoms with E-state index in [2.05, 4.69) is 20.9 Å². The molecule has 1 saturated heterocycles. The summed E-state index contributed by atoms with van der Waals surface area (Å²) >= 11 is 0. The number of anilines is 1. The van der Waals surface area contributed by atoms with Crippen molar-refractivity contribution in [1.29, 1.82) is 0 Å². The topological polar surface area (TPSA) is 38.2 Å². The lowest BCUT2D eigenvalue weighted by Crippen LogP contribution is -2.36. The summed E-state index contributed by atoms with van der Waals surface area (Å²) in [6.07, 6.45) is 4.94. The fraction of sp³-hybridized carbons (Fsp3) is 0.524. The van der Waals surface area contributed by atoms with Crippen LogP contribution in [0.2, 0.25) is 0 Å². The van der Waals surface area contributed by atoms with Gasteiger partial charge in [0, 0.05) is 25.5 Å². The summed E-state index contributed by atoms with van der Waals surface area (Å²) in [5.41, 5.74) is 0.998. The van der Waals surface area contributed by atoms with Gasteiger partial charge in [-0.25, -0.2) is 4.98 Å². The van der Waals surface area contributed by atoms with E-state index in [1.807, 2.05) is 12.3 Å². The third-order valence-corrected chi connectivity index (χ3v) is 5.59. The van der Waals surface area contributed by atoms with Crippen LogP contribution in [-0.2, 0) is 10.9 Å². The molecular weight excluding hydrogens is 367 g/mol. The predicted octanol–water partition coefficient (Wildman–Crippen LogP) is 4.88. The number of ether oxygens (including phenoxy) is 1. The van der Waals surface area contributed by atoms with Crippen LogP contribution < -0.4 is 4.90 Å². The highest BCUT2D eigenvalue weighted by Crippen LogP contribution is 2.38. The van der Waals surface area contributed by atoms with Crippen LogP contribution >= 0.6 is 0 Å². The van der Waals surface area contributed by atoms with Crippen LogP contribution in [0.15, 0.2) is 42.9 Å². The summed E-state index contributed by atoms with van der Waals surface area (Å²) in [6, 6.07) is 6.57. The molecule has 4 rings (SSSR count). The smallest absolute Gasteiger partial charge is 0.373 e. The fourth-order valence-electron chi connectivity index (χ4n) is 3.77. The van der Waals surface area contributed by atoms with E-state index in [4.69, 9.17) is 4.74 Å². The minimum absolute atomic E-state index is 0.0298. The van der Waals surface area contributed by atoms with Crippen molar-refractivity contribution in [1.82, 2.24) is 9.97 Å². The van der Waals surface area contributed by atoms with E-state index in [1.165, 1.54) is 25.1 Å². The Hall–Kier alpha value is -2.15. The summed E-state index contributed by atoms with van der Waals surface area (Å²) in [6.45, 7) is 2.35. The van der Waals surface area contributed by atoms with E-state index in [-0.39, 0.29) is 6.10 Å². The van der Waals surface area contributed by atoms with Crippen LogP contribution in [0.3, 0.4) is 0 Å². The van der Waals surface area contributed by atoms with Gasteiger partial charge >= 0.3 is 6.18 Å². The summed E-state index contributed by atoms with van der Waals surface area (Å²) in [7, 11) is 0. The van der Waals surface area contributed by atoms with Crippen molar-refractivity contribution in [2.45, 2.75) is 38.0 Å². The number of rotatable bonds is 6. The molecule has 2 aromatic heterocycles. The molecule has 0 N–H and O–H groups in total. The first-order valence-electron chi connectivity index (χ1n) is 9.80. The van der Waals surface area contributed by atoms with Gasteiger partial charge < -0.3 is 9.64 Å². The van der Waals surface area contributed by atoms with E-state index in [9.17, 15) is 13.2 Å². The van der Waals surface area contributed by atoms with E-state index >= 15 is 0 Å². The SMILES string of the molecule is FC(F)(F)c1ccc(N2CCC(C(OCC3CC3)c3cccnc3)CC2)cn1. The van der Waals surface area contributed by atoms with Gasteiger partial charge in [0.1, 0.15) is 5.69 Å². The van der Waals surface area contributed by atoms with Gasteiger partial charge in [0.05, 0.1) is 24.6 Å². The van der Waals surface area contributed by atoms with E-state index in [1.54, 1.807) is 6.20 Å². The lowest BCUT2D eigenvalue weighted by Gasteiger charge is -2.37. The molecule has 0 aromatic carbocycles. The first-order valence-corrected chi connectivity index (χ1v) is 9.80. The molecule has 1 unspecified atom stereocenters. The zero-order valence-corrected chi connectivity index (χ0v) is 15.6. The largest absolute Gasteiger partial charge is 0.433 e. The Labute approximate surface area is 162 Å². The van der Waals surface area contributed by atoms with Crippen LogP contribution in [-0.4, -0.2) is 29.7 Å². The lowest BCUT2D eigenvalue weighted by molar-refractivity contribution is -0.141. The van der Waals surface area contributed by atoms with Crippen LogP contribution in [0.1, 0.15) is 43.0 Å². The molecule has 0 bridgehead atoms. The number of piperidine rings is 1. The highest BCUT2D eigenvalue weighted by molar-refractivity contribution is 5.45. The van der Waals surface area contributed by atoms with Gasteiger partial charge in [-0.2, -0.15) is 13.2 Å². The van der Waals surface area contributed by atoms with Crippen LogP contribution in [0, 0.1) is 11.8 Å². The number of halogens is 3. The zero-order valence-electron chi connectivity index (χ0n) is 15.6. The van der Waals surface area contributed by atoms with E-state index in [0.717, 1.165) is 49.9 Å². The lowest BCUT2D eigenvalue weighted by atomic mass is 9.87. The summed E-state index contributed by atoms with van der Waals surface area (Å²) in [5, 5.41) is 0. The molecule has 2 aliphatic rings. The average molecular weight is 391 g/mol. The van der Waals surface area contributed by atoms with Crippen molar-refractivity contribution < 1.29 is 17.9 Å². The van der Waals surface area contributed by atoms with Crippen molar-refractivity contribution in [2.24, 2.45) is 11.8 Å². The second-order valence-corrected chi connectivity index (χ2v) is 7.71. The Bertz CT molecular complexity index is 755. The van der Waals surface area contributed by atoms with Crippen molar-refractivity contribution in [3.63, 3.8) is 0 Å². The van der Waals surface area contributed by atoms with Gasteiger partial charge in [-0.1, -0.05) is 6.07 Å². The molecular formula is C21H24F3N3O. The minimum Gasteiger partial charge on any atom is -0.373 e. The molecule has 1 saturated carbocycles. The second kappa shape index (κ2) is 8.07. The van der Waals surface area contributed by atoms with Gasteiger partial charge in [-0.05, 0) is 61.3 Å². The quantitative estimate of drug-likeness (QED) is 0.704. The summed E-state index contributed by atoms with van der Waals surface area (Å²) in [4.78, 5) is 9.93. The van der Waals surface area contributed by atoms with Gasteiger partial charge in [0.25, 0.3) is 0 Å². The summed E-state index contributed by atoms with van der Waals surface area (Å²) in [5.74, 6) is 1.07. The molecule has 1 aliphatic carbocycles. The maximum atomic E-state index is 12.7. The van der Waals surface area contributed by atoms with Gasteiger partial charge in [-0.15, -0.1) is 0 Å². The van der Waals surface area contributed by atoms with Crippen molar-refractivity contribution >= 4 is 5.69 Å². The van der Waals surface area contributed by atoms with E-state index in [0.29, 0.717) is 11.8 Å². The Kier molecular flexibility index (Phi) is 5.53. The van der Waals surface area contributed by atoms with Gasteiger partial charge in [0.15, 0.2) is 0 Å². The van der Waals surface area contributed by atoms with Crippen molar-refractivity contribution in [3.8, 4) is 0 Å². The second-order valence-electron chi connectivity index (χ2n) is 7.71. The molecule has 1 atom stereocenters. The Morgan fingerprint density at radius 2 is 1.86 bits per heavy atom. The highest BCUT2D eigenvalue weighted by atomic mass is 19.4. The molecule has 1 aliphatic heterocycles. The standard InChI is InChI=1S/C21H24F3N3O/c22-21(23,24)19-6-5-18(13-26-19)27-10-7-16(8-11-27)20(28-14-15-3-4-15)17-2-1-9-25-12-17/h1-2,5-6,9,12-13,15-16,20H,3-4,7-8,10-11,14H2. The third kappa shape index (κ3) is 4.63. The fourth-order valence-corrected chi connectivity index (χ4v) is 3.77. The average Bonchev–Trinajstić information content (AvgIpc) is 3.53. The molecule has 2 aromatic rings. The third-order valence-electron chi connectivity index (χ3n) is 5.59. The molecule has 3 heterocycles. The molecule has 2 fully saturated rings. The van der Waals surface area contributed by atoms with Crippen molar-refractivity contribution in [2.75, 3.05) is 24.6 Å². The zero-order chi connectivity index (χ0) is 19.6. The monoisotopic (exact) mass is 391 g/mol. The number of alkyl halides is 3. The first-order chi connectivity index (χ1) is 13.5. The number of nitrogens with zero attached hydrogens (tertiary/aromatic N) is 3. The molecule has 28 heavy (non-hydrogen) atoms. The van der Waals surface area contributed by atoms with Gasteiger partial charge in [0.2, 0.25) is 0 Å². The minimum atomic E-state index is -4.40. The number of hydrogen-bond donors (Lipinski definition) is 0. The van der Waals surface area contributed by atoms with Crippen molar-refractivity contribution in [3.05, 3.63) is 54.1 Å². The predicted molar refractivity (Wildman–Crippen MR) is 99.8 cm³/mol. The maximum Gasteiger partial charge on any atom is 0.433 e. The number of aromatic nitrogens is 2. The molecule has 7 heteroatoms. The number of pyridine rings is 2. The van der Waals surface area contributed by atoms with E-state index < -0.39 is 11.9 Å². The molecule has 0 spiro atoms. The Morgan fingerprint density at radius 3 is 2.43 bits per heavy atom. The number of hydrogen-bond acceptors (Lipinski definition) is 4. The highest BCUT2D eigenvalue weighted by Gasteiger charge is 2.33. The summed E-state index contributed by atoms with van der Waals surface area (Å²) < 4.78 is 44.4. The van der Waals surface area contributed by atoms with Crippen LogP contribution in [0.25, 0.3) is 0 Å². The van der Waals surface area contributed by atoms with Crippen LogP contribution in [0.4, 0.5) is 18.9 Å². The van der Waals surface area contributed by atoms with Gasteiger partial charge in [-0.3, -0.25) is 4.98 Å². The Morgan fingerprint density at radius 1 is 1.07 bits per heavy atom. The maximum absolute atomic E-state index is 12.7. The molecule has 150 valence electrons. The first kappa shape index (κ1) is 19.2. The molecule has 0 radical (unpaired) electrons. The normalized spacial score (nSPS) is 19.6. The van der Waals surface area contributed by atoms with Crippen LogP contribution in [0.5, 0.6) is 0 Å².